The number of anilines is 1. The molecule has 0 unspecified atom stereocenters. The first-order valence-corrected chi connectivity index (χ1v) is 10.9. The van der Waals surface area contributed by atoms with E-state index in [0.717, 1.165) is 11.1 Å². The Balaban J connectivity index is 1.39. The molecule has 0 aliphatic carbocycles. The second-order valence-corrected chi connectivity index (χ2v) is 7.88. The van der Waals surface area contributed by atoms with Crippen LogP contribution in [0, 0.1) is 0 Å². The van der Waals surface area contributed by atoms with Crippen LogP contribution in [-0.2, 0) is 20.7 Å². The van der Waals surface area contributed by atoms with Crippen LogP contribution in [0.1, 0.15) is 5.56 Å². The molecule has 7 nitrogen and oxygen atoms in total. The minimum Gasteiger partial charge on any atom is -0.483 e. The van der Waals surface area contributed by atoms with Crippen molar-refractivity contribution in [3.63, 3.8) is 0 Å². The Morgan fingerprint density at radius 2 is 1.81 bits per heavy atom. The van der Waals surface area contributed by atoms with Gasteiger partial charge in [0.2, 0.25) is 5.91 Å². The molecule has 3 aromatic rings. The van der Waals surface area contributed by atoms with E-state index in [1.54, 1.807) is 4.90 Å². The van der Waals surface area contributed by atoms with Crippen molar-refractivity contribution in [3.05, 3.63) is 65.5 Å². The molecule has 160 valence electrons. The smallest absolute Gasteiger partial charge is 0.260 e. The summed E-state index contributed by atoms with van der Waals surface area (Å²) in [6, 6.07) is 17.0. The van der Waals surface area contributed by atoms with E-state index in [4.69, 9.17) is 9.47 Å². The molecule has 2 aromatic carbocycles. The van der Waals surface area contributed by atoms with E-state index in [9.17, 15) is 9.59 Å². The molecule has 0 saturated carbocycles. The van der Waals surface area contributed by atoms with Crippen molar-refractivity contribution in [1.29, 1.82) is 0 Å². The van der Waals surface area contributed by atoms with E-state index in [-0.39, 0.29) is 18.4 Å². The normalized spacial score (nSPS) is 13.6. The number of benzene rings is 2. The number of para-hydroxylation sites is 1. The van der Waals surface area contributed by atoms with Crippen LogP contribution in [0.5, 0.6) is 5.75 Å². The van der Waals surface area contributed by atoms with Crippen molar-refractivity contribution < 1.29 is 19.1 Å². The molecule has 2 amide bonds. The molecular formula is C23H23N3O4S. The number of rotatable bonds is 7. The molecule has 1 N–H and O–H groups in total. The number of nitrogens with zero attached hydrogens (tertiary/aromatic N) is 2. The SMILES string of the molecule is O=C(Cc1ccccc1)Nc1nc(-c2ccccc2OCC(=O)N2CCOCC2)cs1. The zero-order chi connectivity index (χ0) is 21.5. The number of nitrogens with one attached hydrogen (secondary N) is 1. The predicted octanol–water partition coefficient (Wildman–Crippen LogP) is 3.23. The van der Waals surface area contributed by atoms with Crippen LogP contribution in [0.15, 0.2) is 60.0 Å². The van der Waals surface area contributed by atoms with Gasteiger partial charge in [-0.1, -0.05) is 42.5 Å². The Kier molecular flexibility index (Phi) is 6.91. The van der Waals surface area contributed by atoms with E-state index >= 15 is 0 Å². The average molecular weight is 438 g/mol. The second-order valence-electron chi connectivity index (χ2n) is 7.03. The van der Waals surface area contributed by atoms with Crippen LogP contribution < -0.4 is 10.1 Å². The van der Waals surface area contributed by atoms with Gasteiger partial charge >= 0.3 is 0 Å². The van der Waals surface area contributed by atoms with Crippen molar-refractivity contribution >= 4 is 28.3 Å². The Bertz CT molecular complexity index is 1030. The summed E-state index contributed by atoms with van der Waals surface area (Å²) >= 11 is 1.35. The monoisotopic (exact) mass is 437 g/mol. The zero-order valence-corrected chi connectivity index (χ0v) is 17.8. The number of morpholine rings is 1. The first-order chi connectivity index (χ1) is 15.2. The summed E-state index contributed by atoms with van der Waals surface area (Å²) in [4.78, 5) is 31.0. The zero-order valence-electron chi connectivity index (χ0n) is 17.0. The molecule has 8 heteroatoms. The van der Waals surface area contributed by atoms with E-state index < -0.39 is 0 Å². The predicted molar refractivity (Wildman–Crippen MR) is 119 cm³/mol. The van der Waals surface area contributed by atoms with Gasteiger partial charge in [-0.3, -0.25) is 9.59 Å². The number of hydrogen-bond donors (Lipinski definition) is 1. The topological polar surface area (TPSA) is 80.8 Å². The van der Waals surface area contributed by atoms with Crippen LogP contribution in [-0.4, -0.2) is 54.6 Å². The van der Waals surface area contributed by atoms with Gasteiger partial charge in [-0.05, 0) is 17.7 Å². The highest BCUT2D eigenvalue weighted by Crippen LogP contribution is 2.32. The highest BCUT2D eigenvalue weighted by atomic mass is 32.1. The van der Waals surface area contributed by atoms with Crippen LogP contribution >= 0.6 is 11.3 Å². The summed E-state index contributed by atoms with van der Waals surface area (Å²) in [5, 5.41) is 5.24. The number of hydrogen-bond acceptors (Lipinski definition) is 6. The van der Waals surface area contributed by atoms with Gasteiger partial charge in [0.05, 0.1) is 25.3 Å². The van der Waals surface area contributed by atoms with Crippen molar-refractivity contribution in [2.75, 3.05) is 38.2 Å². The van der Waals surface area contributed by atoms with E-state index in [0.29, 0.717) is 49.3 Å². The maximum Gasteiger partial charge on any atom is 0.260 e. The third-order valence-electron chi connectivity index (χ3n) is 4.84. The third kappa shape index (κ3) is 5.68. The van der Waals surface area contributed by atoms with Crippen LogP contribution in [0.2, 0.25) is 0 Å². The summed E-state index contributed by atoms with van der Waals surface area (Å²) in [7, 11) is 0. The van der Waals surface area contributed by atoms with Crippen molar-refractivity contribution in [2.24, 2.45) is 0 Å². The fourth-order valence-corrected chi connectivity index (χ4v) is 3.97. The largest absolute Gasteiger partial charge is 0.483 e. The molecule has 0 radical (unpaired) electrons. The first kappa shape index (κ1) is 21.0. The quantitative estimate of drug-likeness (QED) is 0.614. The van der Waals surface area contributed by atoms with Gasteiger partial charge in [0, 0.05) is 24.0 Å². The lowest BCUT2D eigenvalue weighted by atomic mass is 10.1. The summed E-state index contributed by atoms with van der Waals surface area (Å²) in [5.74, 6) is 0.398. The molecule has 4 rings (SSSR count). The minimum atomic E-state index is -0.118. The molecule has 1 aliphatic heterocycles. The lowest BCUT2D eigenvalue weighted by Crippen LogP contribution is -2.43. The van der Waals surface area contributed by atoms with Crippen LogP contribution in [0.4, 0.5) is 5.13 Å². The lowest BCUT2D eigenvalue weighted by molar-refractivity contribution is -0.137. The standard InChI is InChI=1S/C23H23N3O4S/c27-21(14-17-6-2-1-3-7-17)25-23-24-19(16-31-23)18-8-4-5-9-20(18)30-15-22(28)26-10-12-29-13-11-26/h1-9,16H,10-15H2,(H,24,25,27). The van der Waals surface area contributed by atoms with Gasteiger partial charge in [-0.25, -0.2) is 4.98 Å². The van der Waals surface area contributed by atoms with E-state index in [2.05, 4.69) is 10.3 Å². The molecule has 1 saturated heterocycles. The molecule has 1 aliphatic rings. The first-order valence-electron chi connectivity index (χ1n) is 10.1. The number of carbonyl (C=O) groups is 2. The Labute approximate surface area is 184 Å². The van der Waals surface area contributed by atoms with E-state index in [1.165, 1.54) is 11.3 Å². The van der Waals surface area contributed by atoms with Gasteiger partial charge in [0.1, 0.15) is 5.75 Å². The fourth-order valence-electron chi connectivity index (χ4n) is 3.25. The highest BCUT2D eigenvalue weighted by molar-refractivity contribution is 7.14. The summed E-state index contributed by atoms with van der Waals surface area (Å²) in [6.45, 7) is 2.24. The lowest BCUT2D eigenvalue weighted by Gasteiger charge is -2.26. The maximum absolute atomic E-state index is 12.4. The molecule has 1 fully saturated rings. The number of carbonyl (C=O) groups excluding carboxylic acids is 2. The Morgan fingerprint density at radius 3 is 2.61 bits per heavy atom. The van der Waals surface area contributed by atoms with Crippen molar-refractivity contribution in [1.82, 2.24) is 9.88 Å². The molecule has 1 aromatic heterocycles. The highest BCUT2D eigenvalue weighted by Gasteiger charge is 2.18. The van der Waals surface area contributed by atoms with Crippen LogP contribution in [0.3, 0.4) is 0 Å². The second kappa shape index (κ2) is 10.2. The number of ether oxygens (including phenoxy) is 2. The molecular weight excluding hydrogens is 414 g/mol. The van der Waals surface area contributed by atoms with Gasteiger partial charge < -0.3 is 19.7 Å². The number of aromatic nitrogens is 1. The van der Waals surface area contributed by atoms with Gasteiger partial charge in [0.25, 0.3) is 5.91 Å². The average Bonchev–Trinajstić information content (AvgIpc) is 3.27. The summed E-state index contributed by atoms with van der Waals surface area (Å²) in [6.07, 6.45) is 0.291. The Hall–Kier alpha value is -3.23. The van der Waals surface area contributed by atoms with Gasteiger partial charge in [0.15, 0.2) is 11.7 Å². The molecule has 2 heterocycles. The summed E-state index contributed by atoms with van der Waals surface area (Å²) < 4.78 is 11.1. The van der Waals surface area contributed by atoms with Gasteiger partial charge in [-0.2, -0.15) is 0 Å². The summed E-state index contributed by atoms with van der Waals surface area (Å²) in [5.41, 5.74) is 2.41. The van der Waals surface area contributed by atoms with E-state index in [1.807, 2.05) is 60.0 Å². The molecule has 0 bridgehead atoms. The molecule has 31 heavy (non-hydrogen) atoms. The van der Waals surface area contributed by atoms with Crippen molar-refractivity contribution in [3.8, 4) is 17.0 Å². The molecule has 0 atom stereocenters. The maximum atomic E-state index is 12.4. The molecule has 0 spiro atoms. The van der Waals surface area contributed by atoms with Gasteiger partial charge in [-0.15, -0.1) is 11.3 Å². The van der Waals surface area contributed by atoms with Crippen LogP contribution in [0.25, 0.3) is 11.3 Å². The van der Waals surface area contributed by atoms with Crippen molar-refractivity contribution in [2.45, 2.75) is 6.42 Å². The number of thiazole rings is 1. The number of amides is 2. The minimum absolute atomic E-state index is 0.0399. The Morgan fingerprint density at radius 1 is 1.06 bits per heavy atom. The fraction of sp³-hybridized carbons (Fsp3) is 0.261. The third-order valence-corrected chi connectivity index (χ3v) is 5.59.